The molecule has 6 heterocycles. The summed E-state index contributed by atoms with van der Waals surface area (Å²) in [5.74, 6) is 0.544. The Bertz CT molecular complexity index is 1870. The van der Waals surface area contributed by atoms with Crippen LogP contribution in [0, 0.1) is 5.82 Å². The molecule has 0 radical (unpaired) electrons. The molecule has 54 heavy (non-hydrogen) atoms. The van der Waals surface area contributed by atoms with Crippen LogP contribution in [0.25, 0.3) is 28.2 Å². The van der Waals surface area contributed by atoms with Crippen molar-refractivity contribution in [2.45, 2.75) is 121 Å². The third-order valence-corrected chi connectivity index (χ3v) is 13.5. The predicted molar refractivity (Wildman–Crippen MR) is 217 cm³/mol. The largest absolute Gasteiger partial charge is 0.444 e. The van der Waals surface area contributed by atoms with Gasteiger partial charge in [0.1, 0.15) is 30.6 Å². The molecule has 1 amide bonds. The van der Waals surface area contributed by atoms with E-state index in [1.807, 2.05) is 42.4 Å². The van der Waals surface area contributed by atoms with Gasteiger partial charge in [-0.25, -0.2) is 14.2 Å². The van der Waals surface area contributed by atoms with Crippen LogP contribution in [0.15, 0.2) is 48.9 Å². The molecular weight excluding hydrogens is 718 g/mol. The van der Waals surface area contributed by atoms with Gasteiger partial charge in [0.2, 0.25) is 0 Å². The van der Waals surface area contributed by atoms with E-state index in [1.54, 1.807) is 24.5 Å². The lowest BCUT2D eigenvalue weighted by molar-refractivity contribution is 0.00568. The molecule has 2 saturated heterocycles. The van der Waals surface area contributed by atoms with E-state index in [0.717, 1.165) is 60.4 Å². The lowest BCUT2D eigenvalue weighted by Crippen LogP contribution is -2.48. The molecule has 3 atom stereocenters. The van der Waals surface area contributed by atoms with Gasteiger partial charge in [-0.2, -0.15) is 9.61 Å². The summed E-state index contributed by atoms with van der Waals surface area (Å²) < 4.78 is 35.0. The van der Waals surface area contributed by atoms with Gasteiger partial charge in [-0.3, -0.25) is 9.97 Å². The highest BCUT2D eigenvalue weighted by Crippen LogP contribution is 2.44. The van der Waals surface area contributed by atoms with Gasteiger partial charge in [-0.15, -0.1) is 0 Å². The second-order valence-corrected chi connectivity index (χ2v) is 29.5. The second kappa shape index (κ2) is 16.2. The molecule has 2 aliphatic rings. The molecule has 2 fully saturated rings. The molecule has 0 aliphatic carbocycles. The van der Waals surface area contributed by atoms with Gasteiger partial charge in [-0.1, -0.05) is 45.3 Å². The number of pyridine rings is 2. The Hall–Kier alpha value is -3.73. The topological polar surface area (TPSA) is 107 Å². The van der Waals surface area contributed by atoms with Crippen molar-refractivity contribution >= 4 is 33.7 Å². The average Bonchev–Trinajstić information content (AvgIpc) is 3.63. The maximum Gasteiger partial charge on any atom is 0.410 e. The molecule has 11 nitrogen and oxygen atoms in total. The summed E-state index contributed by atoms with van der Waals surface area (Å²) in [7, 11) is -2.60. The number of carbonyl (C=O) groups is 1. The number of rotatable bonds is 14. The zero-order chi connectivity index (χ0) is 38.8. The highest BCUT2D eigenvalue weighted by Gasteiger charge is 2.45. The summed E-state index contributed by atoms with van der Waals surface area (Å²) >= 11 is 0. The van der Waals surface area contributed by atoms with E-state index in [1.165, 1.54) is 6.07 Å². The number of nitrogens with zero attached hydrogens (tertiary/aromatic N) is 7. The molecule has 0 saturated carbocycles. The molecule has 2 bridgehead atoms. The highest BCUT2D eigenvalue weighted by atomic mass is 28.3. The third kappa shape index (κ3) is 9.92. The van der Waals surface area contributed by atoms with Gasteiger partial charge >= 0.3 is 6.09 Å². The minimum Gasteiger partial charge on any atom is -0.444 e. The molecule has 292 valence electrons. The highest BCUT2D eigenvalue weighted by molar-refractivity contribution is 6.76. The van der Waals surface area contributed by atoms with Crippen molar-refractivity contribution in [2.75, 3.05) is 31.6 Å². The van der Waals surface area contributed by atoms with E-state index in [-0.39, 0.29) is 29.8 Å². The molecule has 0 N–H and O–H groups in total. The van der Waals surface area contributed by atoms with E-state index in [0.29, 0.717) is 38.0 Å². The van der Waals surface area contributed by atoms with Gasteiger partial charge in [-0.05, 0) is 76.7 Å². The van der Waals surface area contributed by atoms with Crippen molar-refractivity contribution in [1.29, 1.82) is 0 Å². The van der Waals surface area contributed by atoms with E-state index >= 15 is 0 Å². The number of halogens is 1. The maximum atomic E-state index is 14.6. The third-order valence-electron chi connectivity index (χ3n) is 10.1. The Kier molecular flexibility index (Phi) is 12.0. The molecule has 0 spiro atoms. The zero-order valence-corrected chi connectivity index (χ0v) is 35.6. The predicted octanol–water partition coefficient (Wildman–Crippen LogP) is 9.07. The molecular formula is C40H58FN7O4Si2. The lowest BCUT2D eigenvalue weighted by Gasteiger charge is -2.39. The van der Waals surface area contributed by atoms with Gasteiger partial charge in [0, 0.05) is 82.6 Å². The number of anilines is 1. The Morgan fingerprint density at radius 3 is 2.13 bits per heavy atom. The Balaban J connectivity index is 1.37. The minimum absolute atomic E-state index is 0.0871. The molecule has 4 aromatic rings. The Labute approximate surface area is 321 Å². The number of fused-ring (bicyclic) bond motifs is 3. The number of carbonyl (C=O) groups excluding carboxylic acids is 1. The number of amides is 1. The van der Waals surface area contributed by atoms with Crippen LogP contribution in [0.4, 0.5) is 15.0 Å². The van der Waals surface area contributed by atoms with Crippen LogP contribution in [0.2, 0.25) is 51.4 Å². The SMILES string of the molecule is CC(C)(C)OC(=O)N1[C@@H]2CC[C@H]1CC(c1cc(N(COCC[Si](C)(C)C)COCC[Si](C)(C)C)n3ncc(-c4ccc(-c5ncccc5F)nc4)c3n1)C2. The van der Waals surface area contributed by atoms with Crippen molar-refractivity contribution in [1.82, 2.24) is 29.5 Å². The second-order valence-electron chi connectivity index (χ2n) is 18.3. The fourth-order valence-electron chi connectivity index (χ4n) is 7.18. The fourth-order valence-corrected chi connectivity index (χ4v) is 8.69. The van der Waals surface area contributed by atoms with E-state index in [4.69, 9.17) is 24.3 Å². The molecule has 6 rings (SSSR count). The first-order valence-electron chi connectivity index (χ1n) is 19.3. The average molecular weight is 776 g/mol. The van der Waals surface area contributed by atoms with Crippen LogP contribution >= 0.6 is 0 Å². The van der Waals surface area contributed by atoms with Gasteiger partial charge in [0.05, 0.1) is 11.9 Å². The number of hydrogen-bond acceptors (Lipinski definition) is 9. The van der Waals surface area contributed by atoms with E-state index in [2.05, 4.69) is 60.2 Å². The van der Waals surface area contributed by atoms with Gasteiger partial charge < -0.3 is 24.0 Å². The molecule has 2 aliphatic heterocycles. The van der Waals surface area contributed by atoms with Gasteiger partial charge in [0.15, 0.2) is 11.5 Å². The number of piperidine rings is 1. The van der Waals surface area contributed by atoms with Crippen molar-refractivity contribution in [3.63, 3.8) is 0 Å². The smallest absolute Gasteiger partial charge is 0.410 e. The summed E-state index contributed by atoms with van der Waals surface area (Å²) in [5.41, 5.74) is 3.37. The Morgan fingerprint density at radius 1 is 0.926 bits per heavy atom. The monoisotopic (exact) mass is 775 g/mol. The van der Waals surface area contributed by atoms with Crippen molar-refractivity contribution in [3.05, 3.63) is 60.4 Å². The van der Waals surface area contributed by atoms with E-state index in [9.17, 15) is 9.18 Å². The summed E-state index contributed by atoms with van der Waals surface area (Å²) in [6.45, 7) is 21.9. The number of hydrogen-bond donors (Lipinski definition) is 0. The van der Waals surface area contributed by atoms with Crippen molar-refractivity contribution < 1.29 is 23.4 Å². The Morgan fingerprint density at radius 2 is 1.57 bits per heavy atom. The molecule has 4 aromatic heterocycles. The van der Waals surface area contributed by atoms with Crippen LogP contribution in [0.1, 0.15) is 58.1 Å². The van der Waals surface area contributed by atoms with Crippen LogP contribution in [0.5, 0.6) is 0 Å². The van der Waals surface area contributed by atoms with Crippen LogP contribution in [0.3, 0.4) is 0 Å². The van der Waals surface area contributed by atoms with Gasteiger partial charge in [0.25, 0.3) is 0 Å². The first-order chi connectivity index (χ1) is 25.5. The standard InChI is InChI=1S/C40H58FN7O4Si2/c1-40(2,3)52-39(49)47-30-13-14-31(47)22-29(21-30)35-23-36(46(26-50-17-19-53(4,5)6)27-51-18-20-54(7,8)9)48-38(45-35)32(25-44-48)28-12-15-34(43-24-28)37-33(41)11-10-16-42-37/h10-12,15-16,23-25,29-31H,13-14,17-22,26-27H2,1-9H3/t29?,30-,31+. The summed E-state index contributed by atoms with van der Waals surface area (Å²) in [6.07, 6.45) is 8.37. The first-order valence-corrected chi connectivity index (χ1v) is 26.7. The maximum absolute atomic E-state index is 14.6. The number of aromatic nitrogens is 5. The van der Waals surface area contributed by atoms with Crippen LogP contribution in [-0.4, -0.2) is 96.1 Å². The van der Waals surface area contributed by atoms with E-state index < -0.39 is 27.6 Å². The van der Waals surface area contributed by atoms with Crippen molar-refractivity contribution in [2.24, 2.45) is 0 Å². The normalized spacial score (nSPS) is 19.1. The minimum atomic E-state index is -1.30. The summed E-state index contributed by atoms with van der Waals surface area (Å²) in [5, 5.41) is 4.89. The van der Waals surface area contributed by atoms with Crippen LogP contribution < -0.4 is 4.90 Å². The number of ether oxygens (including phenoxy) is 3. The first kappa shape index (κ1) is 40.0. The molecule has 0 aromatic carbocycles. The summed E-state index contributed by atoms with van der Waals surface area (Å²) in [6, 6.07) is 11.1. The summed E-state index contributed by atoms with van der Waals surface area (Å²) in [4.78, 5) is 31.6. The quantitative estimate of drug-likeness (QED) is 0.0705. The van der Waals surface area contributed by atoms with Crippen LogP contribution in [-0.2, 0) is 14.2 Å². The molecule has 14 heteroatoms. The van der Waals surface area contributed by atoms with Crippen molar-refractivity contribution in [3.8, 4) is 22.5 Å². The zero-order valence-electron chi connectivity index (χ0n) is 33.6. The fraction of sp³-hybridized carbons (Fsp3) is 0.575. The molecule has 1 unspecified atom stereocenters. The lowest BCUT2D eigenvalue weighted by atomic mass is 9.88.